The average Bonchev–Trinajstić information content (AvgIpc) is 3.19. The first kappa shape index (κ1) is 20.4. The summed E-state index contributed by atoms with van der Waals surface area (Å²) in [6, 6.07) is 11.5. The molecule has 3 aromatic heterocycles. The van der Waals surface area contributed by atoms with E-state index in [0.29, 0.717) is 17.6 Å². The van der Waals surface area contributed by atoms with Crippen molar-refractivity contribution in [2.45, 2.75) is 19.9 Å². The van der Waals surface area contributed by atoms with Crippen LogP contribution >= 0.6 is 0 Å². The number of H-pyrrole nitrogens is 1. The molecule has 0 saturated carbocycles. The Bertz CT molecular complexity index is 1380. The highest BCUT2D eigenvalue weighted by atomic mass is 19.1. The van der Waals surface area contributed by atoms with Gasteiger partial charge in [0.2, 0.25) is 0 Å². The van der Waals surface area contributed by atoms with Crippen LogP contribution in [0.3, 0.4) is 0 Å². The minimum Gasteiger partial charge on any atom is -0.353 e. The maximum atomic E-state index is 14.0. The van der Waals surface area contributed by atoms with E-state index in [1.807, 2.05) is 23.5 Å². The molecule has 0 aliphatic carbocycles. The van der Waals surface area contributed by atoms with E-state index in [1.54, 1.807) is 16.7 Å². The van der Waals surface area contributed by atoms with E-state index in [0.717, 1.165) is 56.2 Å². The van der Waals surface area contributed by atoms with Crippen LogP contribution in [-0.2, 0) is 6.54 Å². The summed E-state index contributed by atoms with van der Waals surface area (Å²) in [5, 5.41) is 6.58. The molecule has 0 amide bonds. The molecule has 4 heterocycles. The quantitative estimate of drug-likeness (QED) is 0.518. The molecule has 4 aromatic rings. The molecule has 1 aromatic carbocycles. The molecule has 9 heteroatoms. The van der Waals surface area contributed by atoms with Gasteiger partial charge in [-0.25, -0.2) is 9.49 Å². The van der Waals surface area contributed by atoms with Crippen LogP contribution in [0.1, 0.15) is 12.1 Å². The zero-order valence-electron chi connectivity index (χ0n) is 17.9. The van der Waals surface area contributed by atoms with E-state index in [1.165, 1.54) is 18.2 Å². The van der Waals surface area contributed by atoms with Crippen LogP contribution in [0, 0.1) is 12.7 Å². The minimum absolute atomic E-state index is 0.0498. The van der Waals surface area contributed by atoms with Gasteiger partial charge >= 0.3 is 0 Å². The van der Waals surface area contributed by atoms with Crippen molar-refractivity contribution in [3.63, 3.8) is 0 Å². The number of hydrogen-bond acceptors (Lipinski definition) is 5. The maximum absolute atomic E-state index is 14.0. The number of aromatic amines is 1. The van der Waals surface area contributed by atoms with Crippen molar-refractivity contribution in [2.24, 2.45) is 0 Å². The molecule has 1 N–H and O–H groups in total. The van der Waals surface area contributed by atoms with Crippen LogP contribution in [0.5, 0.6) is 0 Å². The molecule has 1 saturated heterocycles. The highest BCUT2D eigenvalue weighted by Gasteiger charge is 2.18. The number of aromatic nitrogens is 4. The first-order chi connectivity index (χ1) is 15.5. The fraction of sp³-hybridized carbons (Fsp3) is 0.348. The van der Waals surface area contributed by atoms with Crippen LogP contribution in [0.2, 0.25) is 0 Å². The number of aryl methyl sites for hydroxylation is 2. The lowest BCUT2D eigenvalue weighted by Crippen LogP contribution is -2.47. The highest BCUT2D eigenvalue weighted by Crippen LogP contribution is 2.19. The maximum Gasteiger partial charge on any atom is 0.275 e. The first-order valence-corrected chi connectivity index (χ1v) is 10.8. The highest BCUT2D eigenvalue weighted by molar-refractivity contribution is 5.79. The summed E-state index contributed by atoms with van der Waals surface area (Å²) in [5.74, 6) is 0.470. The third-order valence-electron chi connectivity index (χ3n) is 6.23. The molecule has 0 bridgehead atoms. The third kappa shape index (κ3) is 3.69. The number of fused-ring (bicyclic) bond motifs is 3. The summed E-state index contributed by atoms with van der Waals surface area (Å²) in [6.45, 7) is 6.80. The van der Waals surface area contributed by atoms with E-state index in [4.69, 9.17) is 0 Å². The molecular formula is C23H25FN6O2. The van der Waals surface area contributed by atoms with Gasteiger partial charge in [-0.2, -0.15) is 5.10 Å². The molecule has 0 unspecified atom stereocenters. The number of anilines is 1. The van der Waals surface area contributed by atoms with E-state index < -0.39 is 0 Å². The second-order valence-corrected chi connectivity index (χ2v) is 8.25. The van der Waals surface area contributed by atoms with E-state index in [2.05, 4.69) is 20.0 Å². The van der Waals surface area contributed by atoms with Crippen LogP contribution in [0.4, 0.5) is 10.2 Å². The predicted molar refractivity (Wildman–Crippen MR) is 122 cm³/mol. The SMILES string of the molecule is Cc1ccc2c(=O)n(CCCN3CCN(c4ccc(=O)[nH]n4)CC3)c3ccc(F)cc3n12. The van der Waals surface area contributed by atoms with E-state index >= 15 is 0 Å². The Morgan fingerprint density at radius 3 is 2.47 bits per heavy atom. The van der Waals surface area contributed by atoms with Crippen LogP contribution < -0.4 is 16.0 Å². The van der Waals surface area contributed by atoms with Gasteiger partial charge in [0.1, 0.15) is 17.2 Å². The van der Waals surface area contributed by atoms with Gasteiger partial charge < -0.3 is 13.9 Å². The fourth-order valence-corrected chi connectivity index (χ4v) is 4.57. The Morgan fingerprint density at radius 1 is 0.938 bits per heavy atom. The van der Waals surface area contributed by atoms with Crippen molar-refractivity contribution in [1.82, 2.24) is 24.1 Å². The van der Waals surface area contributed by atoms with Gasteiger partial charge in [-0.1, -0.05) is 0 Å². The summed E-state index contributed by atoms with van der Waals surface area (Å²) >= 11 is 0. The second-order valence-electron chi connectivity index (χ2n) is 8.25. The lowest BCUT2D eigenvalue weighted by molar-refractivity contribution is 0.250. The standard InChI is InChI=1S/C23H25FN6O2/c1-16-3-5-19-23(32)29(18-6-4-17(24)15-20(18)30(16)19)10-2-9-27-11-13-28(14-12-27)21-7-8-22(31)26-25-21/h3-8,15H,2,9-14H2,1H3,(H,26,31). The van der Waals surface area contributed by atoms with Gasteiger partial charge in [-0.3, -0.25) is 14.5 Å². The van der Waals surface area contributed by atoms with Crippen molar-refractivity contribution < 1.29 is 4.39 Å². The fourth-order valence-electron chi connectivity index (χ4n) is 4.57. The minimum atomic E-state index is -0.313. The summed E-state index contributed by atoms with van der Waals surface area (Å²) in [7, 11) is 0. The smallest absolute Gasteiger partial charge is 0.275 e. The molecule has 1 fully saturated rings. The molecule has 5 rings (SSSR count). The average molecular weight is 436 g/mol. The number of hydrogen-bond donors (Lipinski definition) is 1. The lowest BCUT2D eigenvalue weighted by atomic mass is 10.2. The largest absolute Gasteiger partial charge is 0.353 e. The van der Waals surface area contributed by atoms with Gasteiger partial charge in [0.15, 0.2) is 0 Å². The number of halogens is 1. The lowest BCUT2D eigenvalue weighted by Gasteiger charge is -2.35. The van der Waals surface area contributed by atoms with Gasteiger partial charge in [0.05, 0.1) is 11.0 Å². The van der Waals surface area contributed by atoms with E-state index in [9.17, 15) is 14.0 Å². The number of nitrogens with one attached hydrogen (secondary N) is 1. The van der Waals surface area contributed by atoms with Gasteiger partial charge in [0.25, 0.3) is 11.1 Å². The van der Waals surface area contributed by atoms with Crippen LogP contribution in [0.25, 0.3) is 16.6 Å². The Kier molecular flexibility index (Phi) is 5.26. The number of nitrogens with zero attached hydrogens (tertiary/aromatic N) is 5. The zero-order chi connectivity index (χ0) is 22.2. The predicted octanol–water partition coefficient (Wildman–Crippen LogP) is 2.00. The molecular weight excluding hydrogens is 411 g/mol. The Balaban J connectivity index is 1.29. The Morgan fingerprint density at radius 2 is 1.72 bits per heavy atom. The molecule has 0 spiro atoms. The van der Waals surface area contributed by atoms with Crippen LogP contribution in [-0.4, -0.2) is 56.8 Å². The molecule has 8 nitrogen and oxygen atoms in total. The number of rotatable bonds is 5. The van der Waals surface area contributed by atoms with Crippen molar-refractivity contribution in [1.29, 1.82) is 0 Å². The van der Waals surface area contributed by atoms with E-state index in [-0.39, 0.29) is 16.9 Å². The summed E-state index contributed by atoms with van der Waals surface area (Å²) in [6.07, 6.45) is 0.819. The van der Waals surface area contributed by atoms with Crippen molar-refractivity contribution in [3.8, 4) is 0 Å². The van der Waals surface area contributed by atoms with Crippen molar-refractivity contribution in [3.05, 3.63) is 74.7 Å². The van der Waals surface area contributed by atoms with Crippen molar-refractivity contribution >= 4 is 22.4 Å². The number of benzene rings is 1. The molecule has 0 radical (unpaired) electrons. The number of piperazine rings is 1. The Hall–Kier alpha value is -3.46. The van der Waals surface area contributed by atoms with Gasteiger partial charge in [-0.15, -0.1) is 0 Å². The van der Waals surface area contributed by atoms with Crippen molar-refractivity contribution in [2.75, 3.05) is 37.6 Å². The molecule has 32 heavy (non-hydrogen) atoms. The summed E-state index contributed by atoms with van der Waals surface area (Å²) < 4.78 is 17.6. The van der Waals surface area contributed by atoms with Gasteiger partial charge in [0, 0.05) is 44.5 Å². The third-order valence-corrected chi connectivity index (χ3v) is 6.23. The molecule has 1 aliphatic heterocycles. The Labute approximate surface area is 183 Å². The summed E-state index contributed by atoms with van der Waals surface area (Å²) in [5.41, 5.74) is 2.69. The normalized spacial score (nSPS) is 15.1. The monoisotopic (exact) mass is 436 g/mol. The molecule has 166 valence electrons. The second kappa shape index (κ2) is 8.23. The topological polar surface area (TPSA) is 78.6 Å². The summed E-state index contributed by atoms with van der Waals surface area (Å²) in [4.78, 5) is 28.9. The molecule has 1 aliphatic rings. The first-order valence-electron chi connectivity index (χ1n) is 10.8. The molecule has 0 atom stereocenters. The zero-order valence-corrected chi connectivity index (χ0v) is 17.9. The van der Waals surface area contributed by atoms with Crippen LogP contribution in [0.15, 0.2) is 52.1 Å². The van der Waals surface area contributed by atoms with Gasteiger partial charge in [-0.05, 0) is 56.3 Å².